The molecule has 2 aromatic heterocycles. The lowest BCUT2D eigenvalue weighted by atomic mass is 10.1. The summed E-state index contributed by atoms with van der Waals surface area (Å²) in [5.74, 6) is -0.812. The number of nitrogens with zero attached hydrogens (tertiary/aromatic N) is 4. The van der Waals surface area contributed by atoms with Gasteiger partial charge < -0.3 is 10.6 Å². The van der Waals surface area contributed by atoms with E-state index in [1.807, 2.05) is 18.2 Å². The van der Waals surface area contributed by atoms with Gasteiger partial charge in [0.05, 0.1) is 17.5 Å². The van der Waals surface area contributed by atoms with E-state index in [0.29, 0.717) is 17.8 Å². The average molecular weight is 522 g/mol. The Morgan fingerprint density at radius 1 is 1.22 bits per heavy atom. The van der Waals surface area contributed by atoms with Gasteiger partial charge in [-0.2, -0.15) is 0 Å². The van der Waals surface area contributed by atoms with Gasteiger partial charge in [0.15, 0.2) is 18.0 Å². The largest absolute Gasteiger partial charge is 0.387 e. The van der Waals surface area contributed by atoms with Gasteiger partial charge in [-0.25, -0.2) is 18.3 Å². The lowest BCUT2D eigenvalue weighted by Gasteiger charge is -2.16. The third kappa shape index (κ3) is 5.18. The molecule has 8 nitrogen and oxygen atoms in total. The molecule has 37 heavy (non-hydrogen) atoms. The Bertz CT molecular complexity index is 1460. The van der Waals surface area contributed by atoms with Gasteiger partial charge in [-0.15, -0.1) is 3.89 Å². The summed E-state index contributed by atoms with van der Waals surface area (Å²) in [4.78, 5) is 24.3. The second-order valence-electron chi connectivity index (χ2n) is 8.86. The molecular weight excluding hydrogens is 496 g/mol. The number of aromatic nitrogens is 3. The number of rotatable bonds is 8. The van der Waals surface area contributed by atoms with Crippen molar-refractivity contribution in [3.63, 3.8) is 0 Å². The predicted molar refractivity (Wildman–Crippen MR) is 141 cm³/mol. The molecule has 3 heterocycles. The number of anilines is 1. The fourth-order valence-corrected chi connectivity index (χ4v) is 4.93. The molecule has 1 amide bonds. The zero-order valence-electron chi connectivity index (χ0n) is 20.0. The zero-order chi connectivity index (χ0) is 25.9. The van der Waals surface area contributed by atoms with Crippen molar-refractivity contribution in [2.24, 2.45) is 0 Å². The Hall–Kier alpha value is -3.83. The summed E-state index contributed by atoms with van der Waals surface area (Å²) >= 11 is -0.0802. The molecule has 5 rings (SSSR count). The van der Waals surface area contributed by atoms with Crippen molar-refractivity contribution in [3.8, 4) is 0 Å². The number of carbonyl (C=O) groups is 1. The van der Waals surface area contributed by atoms with Crippen LogP contribution in [-0.2, 0) is 6.54 Å². The van der Waals surface area contributed by atoms with E-state index in [1.165, 1.54) is 36.2 Å². The molecule has 1 saturated heterocycles. The zero-order valence-corrected chi connectivity index (χ0v) is 20.9. The van der Waals surface area contributed by atoms with Crippen molar-refractivity contribution in [3.05, 3.63) is 89.1 Å². The first-order chi connectivity index (χ1) is 18.0. The number of hydrogen-bond donors (Lipinski definition) is 3. The van der Waals surface area contributed by atoms with Gasteiger partial charge in [0.25, 0.3) is 5.91 Å². The molecule has 1 fully saturated rings. The molecule has 4 aromatic rings. The molecule has 1 aliphatic rings. The summed E-state index contributed by atoms with van der Waals surface area (Å²) in [5.41, 5.74) is 2.79. The number of fused-ring (bicyclic) bond motifs is 1. The van der Waals surface area contributed by atoms with Crippen LogP contribution >= 0.6 is 12.3 Å². The summed E-state index contributed by atoms with van der Waals surface area (Å²) in [6, 6.07) is 14.1. The van der Waals surface area contributed by atoms with E-state index in [9.17, 15) is 13.1 Å². The molecule has 0 aliphatic carbocycles. The van der Waals surface area contributed by atoms with Gasteiger partial charge in [-0.3, -0.25) is 15.1 Å². The molecule has 2 aromatic carbocycles. The fraction of sp³-hybridized carbons (Fsp3) is 0.231. The molecule has 11 heteroatoms. The van der Waals surface area contributed by atoms with Gasteiger partial charge >= 0.3 is 0 Å². The van der Waals surface area contributed by atoms with Crippen LogP contribution in [0.15, 0.2) is 60.9 Å². The number of amides is 1. The van der Waals surface area contributed by atoms with Crippen molar-refractivity contribution in [1.29, 1.82) is 5.41 Å². The van der Waals surface area contributed by atoms with E-state index < -0.39 is 5.82 Å². The number of carbonyl (C=O) groups excluding carboxylic acids is 1. The third-order valence-electron chi connectivity index (χ3n) is 6.42. The van der Waals surface area contributed by atoms with Crippen LogP contribution < -0.4 is 10.6 Å². The second-order valence-corrected chi connectivity index (χ2v) is 9.39. The minimum Gasteiger partial charge on any atom is -0.387 e. The number of hydrogen-bond acceptors (Lipinski definition) is 7. The van der Waals surface area contributed by atoms with Gasteiger partial charge in [0, 0.05) is 50.2 Å². The average Bonchev–Trinajstić information content (AvgIpc) is 3.52. The first kappa shape index (κ1) is 24.8. The summed E-state index contributed by atoms with van der Waals surface area (Å²) in [5, 5.41) is 14.5. The standard InChI is InChI=1S/C26H25F2N7OS/c1-30-21-11-17(27)7-8-19(21)23(29)22-12-31-25-24(33-22)20(15-35(25)37-28)26(36)32-18-9-10-34(14-18)13-16-5-3-2-4-6-16/h2-8,11-12,15,18,29-30H,9-10,13-14H2,1H3,(H,32,36). The van der Waals surface area contributed by atoms with Crippen molar-refractivity contribution in [1.82, 2.24) is 24.2 Å². The molecule has 3 N–H and O–H groups in total. The fourth-order valence-electron chi connectivity index (χ4n) is 4.58. The van der Waals surface area contributed by atoms with Crippen LogP contribution in [0.25, 0.3) is 11.2 Å². The molecule has 0 saturated carbocycles. The van der Waals surface area contributed by atoms with E-state index in [2.05, 4.69) is 37.6 Å². The van der Waals surface area contributed by atoms with E-state index in [-0.39, 0.29) is 52.4 Å². The third-order valence-corrected chi connectivity index (χ3v) is 6.84. The molecule has 1 atom stereocenters. The van der Waals surface area contributed by atoms with Crippen LogP contribution in [0.4, 0.5) is 14.0 Å². The Labute approximate surface area is 217 Å². The quantitative estimate of drug-likeness (QED) is 0.297. The van der Waals surface area contributed by atoms with Crippen LogP contribution in [0.2, 0.25) is 0 Å². The van der Waals surface area contributed by atoms with Crippen molar-refractivity contribution in [2.45, 2.75) is 19.0 Å². The maximum Gasteiger partial charge on any atom is 0.255 e. The highest BCUT2D eigenvalue weighted by atomic mass is 32.2. The summed E-state index contributed by atoms with van der Waals surface area (Å²) in [7, 11) is 1.63. The smallest absolute Gasteiger partial charge is 0.255 e. The van der Waals surface area contributed by atoms with Gasteiger partial charge in [0.2, 0.25) is 0 Å². The molecule has 0 spiro atoms. The number of nitrogens with one attached hydrogen (secondary N) is 3. The van der Waals surface area contributed by atoms with Crippen LogP contribution in [0.3, 0.4) is 0 Å². The maximum absolute atomic E-state index is 13.7. The lowest BCUT2D eigenvalue weighted by Crippen LogP contribution is -2.37. The maximum atomic E-state index is 13.7. The lowest BCUT2D eigenvalue weighted by molar-refractivity contribution is 0.0939. The Balaban J connectivity index is 1.37. The van der Waals surface area contributed by atoms with E-state index in [0.717, 1.165) is 23.5 Å². The second kappa shape index (κ2) is 10.7. The SMILES string of the molecule is CNc1cc(F)ccc1C(=N)c1cnc2c(n1)c(C(=O)NC1CCN(Cc3ccccc3)C1)cn2SF. The van der Waals surface area contributed by atoms with Gasteiger partial charge in [-0.1, -0.05) is 30.3 Å². The molecular formula is C26H25F2N7OS. The normalized spacial score (nSPS) is 15.7. The van der Waals surface area contributed by atoms with E-state index in [1.54, 1.807) is 7.05 Å². The van der Waals surface area contributed by atoms with Crippen molar-refractivity contribution >= 4 is 40.8 Å². The number of likely N-dealkylation sites (tertiary alicyclic amines) is 1. The number of halogens is 2. The highest BCUT2D eigenvalue weighted by molar-refractivity contribution is 7.92. The van der Waals surface area contributed by atoms with Gasteiger partial charge in [0.1, 0.15) is 17.0 Å². The van der Waals surface area contributed by atoms with Crippen LogP contribution in [0.1, 0.15) is 33.6 Å². The first-order valence-corrected chi connectivity index (χ1v) is 12.4. The first-order valence-electron chi connectivity index (χ1n) is 11.8. The summed E-state index contributed by atoms with van der Waals surface area (Å²) < 4.78 is 28.4. The highest BCUT2D eigenvalue weighted by Crippen LogP contribution is 2.26. The monoisotopic (exact) mass is 521 g/mol. The molecule has 0 bridgehead atoms. The molecule has 0 radical (unpaired) electrons. The van der Waals surface area contributed by atoms with Crippen molar-refractivity contribution < 1.29 is 13.1 Å². The highest BCUT2D eigenvalue weighted by Gasteiger charge is 2.27. The topological polar surface area (TPSA) is 98.9 Å². The minimum absolute atomic E-state index is 0.00175. The molecule has 190 valence electrons. The van der Waals surface area contributed by atoms with Crippen LogP contribution in [0.5, 0.6) is 0 Å². The van der Waals surface area contributed by atoms with Crippen LogP contribution in [-0.4, -0.2) is 56.6 Å². The Morgan fingerprint density at radius 3 is 2.78 bits per heavy atom. The minimum atomic E-state index is -0.437. The molecule has 1 aliphatic heterocycles. The Morgan fingerprint density at radius 2 is 2.03 bits per heavy atom. The number of benzene rings is 2. The summed E-state index contributed by atoms with van der Waals surface area (Å²) in [6.07, 6.45) is 3.51. The van der Waals surface area contributed by atoms with Crippen LogP contribution in [0, 0.1) is 11.2 Å². The van der Waals surface area contributed by atoms with Crippen molar-refractivity contribution in [2.75, 3.05) is 25.5 Å². The molecule has 1 unspecified atom stereocenters. The van der Waals surface area contributed by atoms with E-state index >= 15 is 0 Å². The predicted octanol–water partition coefficient (Wildman–Crippen LogP) is 4.41. The van der Waals surface area contributed by atoms with E-state index in [4.69, 9.17) is 5.41 Å². The Kier molecular flexibility index (Phi) is 7.15. The summed E-state index contributed by atoms with van der Waals surface area (Å²) in [6.45, 7) is 2.37. The van der Waals surface area contributed by atoms with Gasteiger partial charge in [-0.05, 0) is 30.2 Å².